The van der Waals surface area contributed by atoms with Crippen molar-refractivity contribution in [3.8, 4) is 0 Å². The molecule has 1 aromatic rings. The first kappa shape index (κ1) is 13.6. The fourth-order valence-corrected chi connectivity index (χ4v) is 3.48. The summed E-state index contributed by atoms with van der Waals surface area (Å²) < 4.78 is 0. The molecule has 1 nitrogen and oxygen atoms in total. The van der Waals surface area contributed by atoms with Crippen LogP contribution in [0.3, 0.4) is 0 Å². The largest absolute Gasteiger partial charge is 0.390 e. The molecule has 0 radical (unpaired) electrons. The average Bonchev–Trinajstić information content (AvgIpc) is 2.34. The first-order valence-electron chi connectivity index (χ1n) is 7.16. The molecular formula is C17H26O. The van der Waals surface area contributed by atoms with Gasteiger partial charge in [0.15, 0.2) is 0 Å². The van der Waals surface area contributed by atoms with E-state index in [1.165, 1.54) is 5.56 Å². The molecule has 100 valence electrons. The highest BCUT2D eigenvalue weighted by atomic mass is 16.3. The monoisotopic (exact) mass is 246 g/mol. The summed E-state index contributed by atoms with van der Waals surface area (Å²) in [5, 5.41) is 10.4. The van der Waals surface area contributed by atoms with Gasteiger partial charge in [-0.05, 0) is 49.0 Å². The first-order valence-corrected chi connectivity index (χ1v) is 7.16. The van der Waals surface area contributed by atoms with E-state index in [1.807, 2.05) is 6.92 Å². The smallest absolute Gasteiger partial charge is 0.0645 e. The number of aliphatic hydroxyl groups is 1. The van der Waals surface area contributed by atoms with Gasteiger partial charge in [-0.3, -0.25) is 0 Å². The molecule has 0 aromatic heterocycles. The highest BCUT2D eigenvalue weighted by Crippen LogP contribution is 2.50. The second-order valence-corrected chi connectivity index (χ2v) is 6.64. The lowest BCUT2D eigenvalue weighted by atomic mass is 9.57. The van der Waals surface area contributed by atoms with E-state index in [1.54, 1.807) is 0 Å². The minimum atomic E-state index is -0.493. The number of hydrogen-bond donors (Lipinski definition) is 1. The standard InChI is InChI=1S/C17H26O/c1-13(2)17(15-8-6-5-7-9-15)11-10-16(4,18)14(3)12-17/h5-9,13-14,18H,10-12H2,1-4H3. The molecule has 1 aromatic carbocycles. The fourth-order valence-electron chi connectivity index (χ4n) is 3.48. The first-order chi connectivity index (χ1) is 8.38. The minimum Gasteiger partial charge on any atom is -0.390 e. The Hall–Kier alpha value is -0.820. The van der Waals surface area contributed by atoms with E-state index in [-0.39, 0.29) is 5.41 Å². The van der Waals surface area contributed by atoms with Crippen molar-refractivity contribution in [2.75, 3.05) is 0 Å². The van der Waals surface area contributed by atoms with E-state index >= 15 is 0 Å². The molecule has 0 heterocycles. The molecule has 0 amide bonds. The van der Waals surface area contributed by atoms with Gasteiger partial charge in [-0.15, -0.1) is 0 Å². The molecular weight excluding hydrogens is 220 g/mol. The molecule has 1 fully saturated rings. The molecule has 3 unspecified atom stereocenters. The zero-order chi connectivity index (χ0) is 13.4. The summed E-state index contributed by atoms with van der Waals surface area (Å²) in [5.74, 6) is 0.965. The van der Waals surface area contributed by atoms with Crippen LogP contribution in [-0.4, -0.2) is 10.7 Å². The molecule has 1 heteroatoms. The second-order valence-electron chi connectivity index (χ2n) is 6.64. The Bertz CT molecular complexity index is 393. The molecule has 18 heavy (non-hydrogen) atoms. The molecule has 2 rings (SSSR count). The Morgan fingerprint density at radius 3 is 2.28 bits per heavy atom. The molecule has 1 saturated carbocycles. The van der Waals surface area contributed by atoms with Crippen LogP contribution in [0, 0.1) is 11.8 Å². The van der Waals surface area contributed by atoms with Crippen molar-refractivity contribution in [2.24, 2.45) is 11.8 Å². The summed E-state index contributed by atoms with van der Waals surface area (Å²) in [6, 6.07) is 10.9. The van der Waals surface area contributed by atoms with E-state index in [0.29, 0.717) is 11.8 Å². The van der Waals surface area contributed by atoms with E-state index in [2.05, 4.69) is 51.1 Å². The molecule has 1 aliphatic carbocycles. The van der Waals surface area contributed by atoms with E-state index in [0.717, 1.165) is 19.3 Å². The van der Waals surface area contributed by atoms with Gasteiger partial charge in [-0.1, -0.05) is 51.1 Å². The van der Waals surface area contributed by atoms with Crippen LogP contribution in [0.4, 0.5) is 0 Å². The van der Waals surface area contributed by atoms with Crippen molar-refractivity contribution >= 4 is 0 Å². The third-order valence-electron chi connectivity index (χ3n) is 5.26. The lowest BCUT2D eigenvalue weighted by Gasteiger charge is -2.49. The molecule has 1 aliphatic rings. The lowest BCUT2D eigenvalue weighted by molar-refractivity contribution is -0.0547. The predicted molar refractivity (Wildman–Crippen MR) is 76.6 cm³/mol. The number of benzene rings is 1. The van der Waals surface area contributed by atoms with E-state index in [9.17, 15) is 5.11 Å². The van der Waals surface area contributed by atoms with Gasteiger partial charge in [-0.25, -0.2) is 0 Å². The lowest BCUT2D eigenvalue weighted by Crippen LogP contribution is -2.47. The average molecular weight is 246 g/mol. The van der Waals surface area contributed by atoms with Crippen molar-refractivity contribution in [2.45, 2.75) is 58.0 Å². The Labute approximate surface area is 111 Å². The van der Waals surface area contributed by atoms with Gasteiger partial charge in [0.25, 0.3) is 0 Å². The van der Waals surface area contributed by atoms with Gasteiger partial charge in [0.2, 0.25) is 0 Å². The Balaban J connectivity index is 2.36. The van der Waals surface area contributed by atoms with Gasteiger partial charge in [0.05, 0.1) is 5.60 Å². The predicted octanol–water partition coefficient (Wildman–Crippen LogP) is 4.15. The van der Waals surface area contributed by atoms with Crippen LogP contribution in [0.1, 0.15) is 52.5 Å². The topological polar surface area (TPSA) is 20.2 Å². The van der Waals surface area contributed by atoms with Crippen LogP contribution in [-0.2, 0) is 5.41 Å². The van der Waals surface area contributed by atoms with E-state index < -0.39 is 5.60 Å². The molecule has 0 spiro atoms. The SMILES string of the molecule is CC1CC(c2ccccc2)(C(C)C)CCC1(C)O. The van der Waals surface area contributed by atoms with Gasteiger partial charge in [0, 0.05) is 0 Å². The van der Waals surface area contributed by atoms with Crippen LogP contribution in [0.15, 0.2) is 30.3 Å². The third kappa shape index (κ3) is 2.21. The van der Waals surface area contributed by atoms with Crippen LogP contribution in [0.2, 0.25) is 0 Å². The van der Waals surface area contributed by atoms with Crippen molar-refractivity contribution in [1.29, 1.82) is 0 Å². The highest BCUT2D eigenvalue weighted by Gasteiger charge is 2.46. The maximum atomic E-state index is 10.4. The second kappa shape index (κ2) is 4.70. The maximum absolute atomic E-state index is 10.4. The summed E-state index contributed by atoms with van der Waals surface area (Å²) in [7, 11) is 0. The molecule has 0 aliphatic heterocycles. The van der Waals surface area contributed by atoms with Crippen molar-refractivity contribution in [1.82, 2.24) is 0 Å². The molecule has 0 bridgehead atoms. The summed E-state index contributed by atoms with van der Waals surface area (Å²) >= 11 is 0. The van der Waals surface area contributed by atoms with Crippen LogP contribution < -0.4 is 0 Å². The summed E-state index contributed by atoms with van der Waals surface area (Å²) in [6.45, 7) is 8.83. The van der Waals surface area contributed by atoms with Gasteiger partial charge >= 0.3 is 0 Å². The van der Waals surface area contributed by atoms with Crippen molar-refractivity contribution in [3.05, 3.63) is 35.9 Å². The molecule has 0 saturated heterocycles. The van der Waals surface area contributed by atoms with Crippen molar-refractivity contribution < 1.29 is 5.11 Å². The minimum absolute atomic E-state index is 0.239. The Kier molecular flexibility index (Phi) is 3.55. The fraction of sp³-hybridized carbons (Fsp3) is 0.647. The number of rotatable bonds is 2. The van der Waals surface area contributed by atoms with Gasteiger partial charge < -0.3 is 5.11 Å². The van der Waals surface area contributed by atoms with Crippen molar-refractivity contribution in [3.63, 3.8) is 0 Å². The summed E-state index contributed by atoms with van der Waals surface area (Å²) in [5.41, 5.74) is 1.19. The summed E-state index contributed by atoms with van der Waals surface area (Å²) in [6.07, 6.45) is 3.08. The quantitative estimate of drug-likeness (QED) is 0.831. The highest BCUT2D eigenvalue weighted by molar-refractivity contribution is 5.27. The van der Waals surface area contributed by atoms with E-state index in [4.69, 9.17) is 0 Å². The van der Waals surface area contributed by atoms with Crippen LogP contribution >= 0.6 is 0 Å². The Morgan fingerprint density at radius 1 is 1.17 bits per heavy atom. The number of hydrogen-bond acceptors (Lipinski definition) is 1. The third-order valence-corrected chi connectivity index (χ3v) is 5.26. The summed E-state index contributed by atoms with van der Waals surface area (Å²) in [4.78, 5) is 0. The van der Waals surface area contributed by atoms with Gasteiger partial charge in [-0.2, -0.15) is 0 Å². The zero-order valence-corrected chi connectivity index (χ0v) is 12.1. The molecule has 3 atom stereocenters. The molecule has 1 N–H and O–H groups in total. The van der Waals surface area contributed by atoms with Crippen LogP contribution in [0.25, 0.3) is 0 Å². The van der Waals surface area contributed by atoms with Gasteiger partial charge in [0.1, 0.15) is 0 Å². The van der Waals surface area contributed by atoms with Crippen LogP contribution in [0.5, 0.6) is 0 Å². The maximum Gasteiger partial charge on any atom is 0.0645 e. The Morgan fingerprint density at radius 2 is 1.78 bits per heavy atom. The zero-order valence-electron chi connectivity index (χ0n) is 12.1. The normalized spacial score (nSPS) is 36.9.